The van der Waals surface area contributed by atoms with Crippen molar-refractivity contribution in [3.8, 4) is 0 Å². The highest BCUT2D eigenvalue weighted by atomic mass is 32.2. The van der Waals surface area contributed by atoms with Gasteiger partial charge in [-0.1, -0.05) is 18.2 Å². The molecule has 1 aliphatic rings. The molecule has 3 nitrogen and oxygen atoms in total. The van der Waals surface area contributed by atoms with Gasteiger partial charge in [0.2, 0.25) is 0 Å². The van der Waals surface area contributed by atoms with Crippen molar-refractivity contribution in [1.82, 2.24) is 5.32 Å². The lowest BCUT2D eigenvalue weighted by molar-refractivity contribution is -0.142. The van der Waals surface area contributed by atoms with Gasteiger partial charge in [-0.15, -0.1) is 11.8 Å². The number of thioether (sulfide) groups is 1. The Bertz CT molecular complexity index is 395. The number of ether oxygens (including phenoxy) is 1. The fourth-order valence-electron chi connectivity index (χ4n) is 1.97. The highest BCUT2D eigenvalue weighted by molar-refractivity contribution is 7.99. The molecule has 1 aromatic rings. The lowest BCUT2D eigenvalue weighted by atomic mass is 10.0. The number of nitrogens with one attached hydrogen (secondary N) is 1. The van der Waals surface area contributed by atoms with Gasteiger partial charge in [-0.25, -0.2) is 0 Å². The van der Waals surface area contributed by atoms with Crippen LogP contribution < -0.4 is 5.32 Å². The van der Waals surface area contributed by atoms with E-state index in [0.29, 0.717) is 6.61 Å². The van der Waals surface area contributed by atoms with Gasteiger partial charge in [-0.3, -0.25) is 10.1 Å². The summed E-state index contributed by atoms with van der Waals surface area (Å²) in [5, 5.41) is 3.27. The third-order valence-electron chi connectivity index (χ3n) is 2.76. The van der Waals surface area contributed by atoms with Crippen LogP contribution in [0, 0.1) is 0 Å². The molecule has 0 spiro atoms. The van der Waals surface area contributed by atoms with Gasteiger partial charge in [0.15, 0.2) is 0 Å². The van der Waals surface area contributed by atoms with Gasteiger partial charge >= 0.3 is 5.97 Å². The van der Waals surface area contributed by atoms with Crippen molar-refractivity contribution in [3.05, 3.63) is 29.8 Å². The normalized spacial score (nSPS) is 18.5. The van der Waals surface area contributed by atoms with Gasteiger partial charge < -0.3 is 4.74 Å². The first kappa shape index (κ1) is 12.5. The van der Waals surface area contributed by atoms with Gasteiger partial charge in [0.25, 0.3) is 0 Å². The van der Waals surface area contributed by atoms with Crippen LogP contribution in [0.25, 0.3) is 0 Å². The second kappa shape index (κ2) is 6.07. The third-order valence-corrected chi connectivity index (χ3v) is 3.88. The van der Waals surface area contributed by atoms with E-state index in [-0.39, 0.29) is 18.6 Å². The minimum absolute atomic E-state index is 0.178. The van der Waals surface area contributed by atoms with Crippen LogP contribution in [-0.4, -0.2) is 24.9 Å². The second-order valence-corrected chi connectivity index (χ2v) is 5.05. The minimum Gasteiger partial charge on any atom is -0.465 e. The maximum Gasteiger partial charge on any atom is 0.319 e. The molecule has 1 N–H and O–H groups in total. The largest absolute Gasteiger partial charge is 0.465 e. The fraction of sp³-hybridized carbons (Fsp3) is 0.462. The highest BCUT2D eigenvalue weighted by Gasteiger charge is 2.20. The predicted octanol–water partition coefficient (Wildman–Crippen LogP) is 2.38. The van der Waals surface area contributed by atoms with Crippen LogP contribution in [0.15, 0.2) is 29.2 Å². The molecule has 1 atom stereocenters. The van der Waals surface area contributed by atoms with Crippen LogP contribution in [0.3, 0.4) is 0 Å². The van der Waals surface area contributed by atoms with Crippen LogP contribution in [0.2, 0.25) is 0 Å². The maximum atomic E-state index is 11.3. The minimum atomic E-state index is -0.178. The molecule has 1 aromatic carbocycles. The van der Waals surface area contributed by atoms with E-state index in [1.807, 2.05) is 24.8 Å². The quantitative estimate of drug-likeness (QED) is 0.834. The first-order valence-corrected chi connectivity index (χ1v) is 6.90. The molecule has 0 bridgehead atoms. The summed E-state index contributed by atoms with van der Waals surface area (Å²) in [5.74, 6) is 0.917. The number of fused-ring (bicyclic) bond motifs is 1. The standard InChI is InChI=1S/C13H17NO2S/c1-2-16-13(15)9-14-11-7-8-17-12-6-4-3-5-10(11)12/h3-6,11,14H,2,7-9H2,1H3. The summed E-state index contributed by atoms with van der Waals surface area (Å²) in [6, 6.07) is 8.64. The summed E-state index contributed by atoms with van der Waals surface area (Å²) in [6.45, 7) is 2.56. The smallest absolute Gasteiger partial charge is 0.319 e. The zero-order valence-electron chi connectivity index (χ0n) is 9.94. The van der Waals surface area contributed by atoms with Crippen molar-refractivity contribution in [3.63, 3.8) is 0 Å². The number of hydrogen-bond donors (Lipinski definition) is 1. The zero-order valence-corrected chi connectivity index (χ0v) is 10.8. The number of carbonyl (C=O) groups excluding carboxylic acids is 1. The third kappa shape index (κ3) is 3.23. The van der Waals surface area contributed by atoms with Crippen molar-refractivity contribution in [2.75, 3.05) is 18.9 Å². The Labute approximate surface area is 106 Å². The van der Waals surface area contributed by atoms with E-state index in [1.54, 1.807) is 0 Å². The molecule has 0 amide bonds. The van der Waals surface area contributed by atoms with E-state index in [2.05, 4.69) is 23.5 Å². The van der Waals surface area contributed by atoms with E-state index < -0.39 is 0 Å². The van der Waals surface area contributed by atoms with Gasteiger partial charge in [0, 0.05) is 10.9 Å². The molecule has 0 aromatic heterocycles. The number of esters is 1. The molecule has 1 aliphatic heterocycles. The summed E-state index contributed by atoms with van der Waals surface area (Å²) in [6.07, 6.45) is 1.06. The SMILES string of the molecule is CCOC(=O)CNC1CCSc2ccccc21. The molecule has 0 aliphatic carbocycles. The van der Waals surface area contributed by atoms with Crippen molar-refractivity contribution in [2.24, 2.45) is 0 Å². The number of rotatable bonds is 4. The van der Waals surface area contributed by atoms with Crippen molar-refractivity contribution >= 4 is 17.7 Å². The predicted molar refractivity (Wildman–Crippen MR) is 69.2 cm³/mol. The van der Waals surface area contributed by atoms with Gasteiger partial charge in [0.1, 0.15) is 0 Å². The topological polar surface area (TPSA) is 38.3 Å². The number of benzene rings is 1. The van der Waals surface area contributed by atoms with Gasteiger partial charge in [-0.05, 0) is 30.7 Å². The Morgan fingerprint density at radius 3 is 3.18 bits per heavy atom. The molecule has 92 valence electrons. The molecule has 2 rings (SSSR count). The summed E-state index contributed by atoms with van der Waals surface area (Å²) in [5.41, 5.74) is 1.30. The van der Waals surface area contributed by atoms with Crippen LogP contribution in [-0.2, 0) is 9.53 Å². The molecule has 1 heterocycles. The Morgan fingerprint density at radius 1 is 1.53 bits per heavy atom. The van der Waals surface area contributed by atoms with Crippen LogP contribution >= 0.6 is 11.8 Å². The van der Waals surface area contributed by atoms with Crippen molar-refractivity contribution < 1.29 is 9.53 Å². The molecule has 17 heavy (non-hydrogen) atoms. The fourth-order valence-corrected chi connectivity index (χ4v) is 3.10. The number of hydrogen-bond acceptors (Lipinski definition) is 4. The van der Waals surface area contributed by atoms with Gasteiger partial charge in [0.05, 0.1) is 13.2 Å². The molecule has 0 radical (unpaired) electrons. The number of carbonyl (C=O) groups is 1. The monoisotopic (exact) mass is 251 g/mol. The zero-order chi connectivity index (χ0) is 12.1. The molecule has 0 saturated carbocycles. The summed E-state index contributed by atoms with van der Waals surface area (Å²) in [4.78, 5) is 12.6. The van der Waals surface area contributed by atoms with Crippen LogP contribution in [0.1, 0.15) is 24.9 Å². The first-order valence-electron chi connectivity index (χ1n) is 5.92. The molecule has 0 saturated heterocycles. The van der Waals surface area contributed by atoms with E-state index in [0.717, 1.165) is 12.2 Å². The Morgan fingerprint density at radius 2 is 2.35 bits per heavy atom. The van der Waals surface area contributed by atoms with Crippen molar-refractivity contribution in [1.29, 1.82) is 0 Å². The maximum absolute atomic E-state index is 11.3. The van der Waals surface area contributed by atoms with E-state index in [4.69, 9.17) is 4.74 Å². The van der Waals surface area contributed by atoms with E-state index >= 15 is 0 Å². The molecular weight excluding hydrogens is 234 g/mol. The molecular formula is C13H17NO2S. The van der Waals surface area contributed by atoms with E-state index in [1.165, 1.54) is 10.5 Å². The highest BCUT2D eigenvalue weighted by Crippen LogP contribution is 2.35. The van der Waals surface area contributed by atoms with E-state index in [9.17, 15) is 4.79 Å². The second-order valence-electron chi connectivity index (χ2n) is 3.91. The van der Waals surface area contributed by atoms with Gasteiger partial charge in [-0.2, -0.15) is 0 Å². The summed E-state index contributed by atoms with van der Waals surface area (Å²) in [7, 11) is 0. The lowest BCUT2D eigenvalue weighted by Gasteiger charge is -2.25. The Kier molecular flexibility index (Phi) is 4.45. The molecule has 0 fully saturated rings. The summed E-state index contributed by atoms with van der Waals surface area (Å²) < 4.78 is 4.91. The molecule has 4 heteroatoms. The Balaban J connectivity index is 1.97. The summed E-state index contributed by atoms with van der Waals surface area (Å²) >= 11 is 1.88. The average molecular weight is 251 g/mol. The Hall–Kier alpha value is -1.00. The first-order chi connectivity index (χ1) is 8.31. The average Bonchev–Trinajstić information content (AvgIpc) is 2.36. The lowest BCUT2D eigenvalue weighted by Crippen LogP contribution is -2.30. The van der Waals surface area contributed by atoms with Crippen LogP contribution in [0.4, 0.5) is 0 Å². The molecule has 1 unspecified atom stereocenters. The van der Waals surface area contributed by atoms with Crippen molar-refractivity contribution in [2.45, 2.75) is 24.3 Å². The van der Waals surface area contributed by atoms with Crippen LogP contribution in [0.5, 0.6) is 0 Å².